The zero-order valence-electron chi connectivity index (χ0n) is 7.82. The summed E-state index contributed by atoms with van der Waals surface area (Å²) in [6.45, 7) is 1.91. The summed E-state index contributed by atoms with van der Waals surface area (Å²) in [5.41, 5.74) is -1.66. The Labute approximate surface area is 77.5 Å². The van der Waals surface area contributed by atoms with Crippen molar-refractivity contribution in [3.05, 3.63) is 0 Å². The molecule has 2 N–H and O–H groups in total. The maximum atomic E-state index is 11.3. The highest BCUT2D eigenvalue weighted by molar-refractivity contribution is 5.80. The fourth-order valence-corrected chi connectivity index (χ4v) is 1.63. The zero-order chi connectivity index (χ0) is 9.90. The van der Waals surface area contributed by atoms with E-state index >= 15 is 0 Å². The highest BCUT2D eigenvalue weighted by Gasteiger charge is 2.45. The van der Waals surface area contributed by atoms with E-state index in [1.165, 1.54) is 0 Å². The third-order valence-electron chi connectivity index (χ3n) is 2.47. The van der Waals surface area contributed by atoms with Crippen molar-refractivity contribution in [1.82, 2.24) is 0 Å². The number of hydrogen-bond acceptors (Lipinski definition) is 4. The molecule has 1 aliphatic rings. The molecule has 0 spiro atoms. The topological polar surface area (TPSA) is 66.8 Å². The molecule has 13 heavy (non-hydrogen) atoms. The molecule has 4 nitrogen and oxygen atoms in total. The second kappa shape index (κ2) is 4.07. The van der Waals surface area contributed by atoms with E-state index in [0.717, 1.165) is 12.8 Å². The van der Waals surface area contributed by atoms with Crippen molar-refractivity contribution < 1.29 is 19.7 Å². The van der Waals surface area contributed by atoms with Crippen LogP contribution in [0.3, 0.4) is 0 Å². The van der Waals surface area contributed by atoms with Crippen molar-refractivity contribution >= 4 is 5.97 Å². The highest BCUT2D eigenvalue weighted by Crippen LogP contribution is 2.29. The van der Waals surface area contributed by atoms with Gasteiger partial charge in [-0.25, -0.2) is 4.79 Å². The van der Waals surface area contributed by atoms with E-state index in [-0.39, 0.29) is 6.61 Å². The van der Waals surface area contributed by atoms with Gasteiger partial charge in [0, 0.05) is 0 Å². The van der Waals surface area contributed by atoms with Gasteiger partial charge in [0.1, 0.15) is 0 Å². The Balaban J connectivity index is 2.65. The molecule has 0 aromatic rings. The van der Waals surface area contributed by atoms with Gasteiger partial charge in [-0.2, -0.15) is 0 Å². The van der Waals surface area contributed by atoms with Gasteiger partial charge in [-0.3, -0.25) is 0 Å². The van der Waals surface area contributed by atoms with Gasteiger partial charge in [0.2, 0.25) is 0 Å². The lowest BCUT2D eigenvalue weighted by atomic mass is 9.82. The molecule has 76 valence electrons. The molecule has 0 aromatic carbocycles. The van der Waals surface area contributed by atoms with Crippen LogP contribution in [0, 0.1) is 0 Å². The van der Waals surface area contributed by atoms with Crippen molar-refractivity contribution in [2.24, 2.45) is 0 Å². The van der Waals surface area contributed by atoms with Crippen LogP contribution in [0.25, 0.3) is 0 Å². The third kappa shape index (κ3) is 2.00. The maximum Gasteiger partial charge on any atom is 0.340 e. The van der Waals surface area contributed by atoms with E-state index in [4.69, 9.17) is 4.74 Å². The number of rotatable bonds is 2. The Hall–Kier alpha value is -0.610. The minimum absolute atomic E-state index is 0.230. The van der Waals surface area contributed by atoms with E-state index in [1.807, 2.05) is 0 Å². The quantitative estimate of drug-likeness (QED) is 0.608. The van der Waals surface area contributed by atoms with Crippen LogP contribution in [0.15, 0.2) is 0 Å². The van der Waals surface area contributed by atoms with Gasteiger partial charge in [-0.1, -0.05) is 6.42 Å². The first-order valence-corrected chi connectivity index (χ1v) is 4.69. The van der Waals surface area contributed by atoms with E-state index in [2.05, 4.69) is 0 Å². The zero-order valence-corrected chi connectivity index (χ0v) is 7.82. The van der Waals surface area contributed by atoms with Crippen LogP contribution < -0.4 is 0 Å². The van der Waals surface area contributed by atoms with Crippen molar-refractivity contribution in [1.29, 1.82) is 0 Å². The predicted molar refractivity (Wildman–Crippen MR) is 46.1 cm³/mol. The first-order chi connectivity index (χ1) is 6.11. The van der Waals surface area contributed by atoms with Crippen LogP contribution >= 0.6 is 0 Å². The summed E-state index contributed by atoms with van der Waals surface area (Å²) in [5, 5.41) is 19.3. The van der Waals surface area contributed by atoms with Gasteiger partial charge >= 0.3 is 5.97 Å². The molecule has 1 fully saturated rings. The minimum Gasteiger partial charge on any atom is -0.464 e. The maximum absolute atomic E-state index is 11.3. The van der Waals surface area contributed by atoms with Crippen molar-refractivity contribution in [3.8, 4) is 0 Å². The Morgan fingerprint density at radius 2 is 2.31 bits per heavy atom. The molecule has 0 unspecified atom stereocenters. The largest absolute Gasteiger partial charge is 0.464 e. The predicted octanol–water partition coefficient (Wildman–Crippen LogP) is 0.215. The summed E-state index contributed by atoms with van der Waals surface area (Å²) in [6.07, 6.45) is 1.40. The van der Waals surface area contributed by atoms with Crippen LogP contribution in [0.1, 0.15) is 32.6 Å². The standard InChI is InChI=1S/C9H16O4/c1-2-13-8(11)9(12)6-4-3-5-7(9)10/h7,10,12H,2-6H2,1H3/t7-,9+/m1/s1. The molecule has 0 saturated heterocycles. The van der Waals surface area contributed by atoms with E-state index in [9.17, 15) is 15.0 Å². The van der Waals surface area contributed by atoms with E-state index < -0.39 is 17.7 Å². The fourth-order valence-electron chi connectivity index (χ4n) is 1.63. The minimum atomic E-state index is -1.66. The summed E-state index contributed by atoms with van der Waals surface area (Å²) >= 11 is 0. The van der Waals surface area contributed by atoms with Crippen LogP contribution in [-0.4, -0.2) is 34.5 Å². The van der Waals surface area contributed by atoms with Crippen LogP contribution in [0.5, 0.6) is 0 Å². The van der Waals surface area contributed by atoms with Gasteiger partial charge in [0.15, 0.2) is 5.60 Å². The van der Waals surface area contributed by atoms with E-state index in [1.54, 1.807) is 6.92 Å². The first kappa shape index (κ1) is 10.5. The summed E-state index contributed by atoms with van der Waals surface area (Å²) in [5.74, 6) is -0.692. The molecule has 2 atom stereocenters. The molecule has 1 saturated carbocycles. The first-order valence-electron chi connectivity index (χ1n) is 4.69. The second-order valence-electron chi connectivity index (χ2n) is 3.41. The molecule has 0 radical (unpaired) electrons. The second-order valence-corrected chi connectivity index (χ2v) is 3.41. The summed E-state index contributed by atoms with van der Waals surface area (Å²) in [7, 11) is 0. The molecule has 0 aromatic heterocycles. The Bertz CT molecular complexity index is 192. The average Bonchev–Trinajstić information content (AvgIpc) is 2.11. The number of aliphatic hydroxyl groups is 2. The molecule has 0 amide bonds. The van der Waals surface area contributed by atoms with Crippen molar-refractivity contribution in [2.45, 2.75) is 44.3 Å². The summed E-state index contributed by atoms with van der Waals surface area (Å²) in [4.78, 5) is 11.3. The normalized spacial score (nSPS) is 34.2. The van der Waals surface area contributed by atoms with Gasteiger partial charge in [0.25, 0.3) is 0 Å². The van der Waals surface area contributed by atoms with Crippen molar-refractivity contribution in [3.63, 3.8) is 0 Å². The molecule has 0 aliphatic heterocycles. The van der Waals surface area contributed by atoms with Crippen LogP contribution in [0.4, 0.5) is 0 Å². The Morgan fingerprint density at radius 1 is 1.62 bits per heavy atom. The Kier molecular flexibility index (Phi) is 3.27. The van der Waals surface area contributed by atoms with Gasteiger partial charge in [0.05, 0.1) is 12.7 Å². The van der Waals surface area contributed by atoms with Gasteiger partial charge in [-0.15, -0.1) is 0 Å². The molecular formula is C9H16O4. The molecule has 0 bridgehead atoms. The van der Waals surface area contributed by atoms with E-state index in [0.29, 0.717) is 12.8 Å². The summed E-state index contributed by atoms with van der Waals surface area (Å²) in [6, 6.07) is 0. The van der Waals surface area contributed by atoms with Crippen LogP contribution in [0.2, 0.25) is 0 Å². The molecule has 1 rings (SSSR count). The molecule has 4 heteroatoms. The number of ether oxygens (including phenoxy) is 1. The molecular weight excluding hydrogens is 172 g/mol. The summed E-state index contributed by atoms with van der Waals surface area (Å²) < 4.78 is 4.71. The van der Waals surface area contributed by atoms with Crippen molar-refractivity contribution in [2.75, 3.05) is 6.61 Å². The number of carbonyl (C=O) groups is 1. The highest BCUT2D eigenvalue weighted by atomic mass is 16.6. The number of aliphatic hydroxyl groups excluding tert-OH is 1. The molecule has 1 aliphatic carbocycles. The smallest absolute Gasteiger partial charge is 0.340 e. The van der Waals surface area contributed by atoms with Crippen LogP contribution in [-0.2, 0) is 9.53 Å². The number of hydrogen-bond donors (Lipinski definition) is 2. The lowest BCUT2D eigenvalue weighted by Crippen LogP contribution is -2.52. The number of carbonyl (C=O) groups excluding carboxylic acids is 1. The average molecular weight is 188 g/mol. The Morgan fingerprint density at radius 3 is 2.85 bits per heavy atom. The monoisotopic (exact) mass is 188 g/mol. The van der Waals surface area contributed by atoms with Gasteiger partial charge in [-0.05, 0) is 26.2 Å². The lowest BCUT2D eigenvalue weighted by Gasteiger charge is -2.34. The lowest BCUT2D eigenvalue weighted by molar-refractivity contribution is -0.183. The van der Waals surface area contributed by atoms with Gasteiger partial charge < -0.3 is 14.9 Å². The number of esters is 1. The SMILES string of the molecule is CCOC(=O)[C@]1(O)CCCC[C@H]1O. The molecule has 0 heterocycles. The fraction of sp³-hybridized carbons (Fsp3) is 0.889. The third-order valence-corrected chi connectivity index (χ3v) is 2.47.